The molecule has 0 spiro atoms. The standard InChI is InChI=1S/C23H22O/c1-4-5-10-17(2)20-14-9-13-19-15-16-21(24-3)23(22(19)20)18-11-7-6-8-12-18/h4-14,16,23H,1-2,15H2,3H3/b10-5-. The van der Waals surface area contributed by atoms with Gasteiger partial charge in [0.1, 0.15) is 5.76 Å². The van der Waals surface area contributed by atoms with E-state index in [0.29, 0.717) is 0 Å². The highest BCUT2D eigenvalue weighted by molar-refractivity contribution is 5.77. The van der Waals surface area contributed by atoms with Gasteiger partial charge in [-0.2, -0.15) is 0 Å². The molecule has 1 heteroatoms. The Morgan fingerprint density at radius 2 is 1.92 bits per heavy atom. The van der Waals surface area contributed by atoms with Gasteiger partial charge in [0.15, 0.2) is 0 Å². The van der Waals surface area contributed by atoms with E-state index < -0.39 is 0 Å². The van der Waals surface area contributed by atoms with Crippen LogP contribution in [0.3, 0.4) is 0 Å². The molecule has 0 saturated heterocycles. The molecule has 0 heterocycles. The molecule has 1 unspecified atom stereocenters. The number of benzene rings is 2. The molecule has 120 valence electrons. The molecule has 3 rings (SSSR count). The number of allylic oxidation sites excluding steroid dienone is 6. The molecule has 0 radical (unpaired) electrons. The Labute approximate surface area is 144 Å². The second-order valence-corrected chi connectivity index (χ2v) is 5.86. The van der Waals surface area contributed by atoms with Crippen molar-refractivity contribution in [2.24, 2.45) is 0 Å². The first-order valence-electron chi connectivity index (χ1n) is 8.15. The molecule has 1 aliphatic carbocycles. The van der Waals surface area contributed by atoms with Crippen molar-refractivity contribution in [3.05, 3.63) is 114 Å². The minimum atomic E-state index is 0.102. The summed E-state index contributed by atoms with van der Waals surface area (Å²) >= 11 is 0. The van der Waals surface area contributed by atoms with Gasteiger partial charge in [0.25, 0.3) is 0 Å². The summed E-state index contributed by atoms with van der Waals surface area (Å²) in [5.74, 6) is 1.10. The van der Waals surface area contributed by atoms with E-state index in [1.165, 1.54) is 22.3 Å². The van der Waals surface area contributed by atoms with Crippen LogP contribution in [-0.2, 0) is 11.2 Å². The van der Waals surface area contributed by atoms with E-state index in [-0.39, 0.29) is 5.92 Å². The molecule has 1 nitrogen and oxygen atoms in total. The van der Waals surface area contributed by atoms with Gasteiger partial charge in [-0.25, -0.2) is 0 Å². The van der Waals surface area contributed by atoms with Crippen LogP contribution in [0.5, 0.6) is 0 Å². The lowest BCUT2D eigenvalue weighted by molar-refractivity contribution is 0.269. The maximum absolute atomic E-state index is 5.73. The van der Waals surface area contributed by atoms with Gasteiger partial charge >= 0.3 is 0 Å². The summed E-state index contributed by atoms with van der Waals surface area (Å²) in [6.45, 7) is 8.00. The van der Waals surface area contributed by atoms with Crippen molar-refractivity contribution in [3.63, 3.8) is 0 Å². The van der Waals surface area contributed by atoms with Gasteiger partial charge in [0, 0.05) is 0 Å². The minimum absolute atomic E-state index is 0.102. The van der Waals surface area contributed by atoms with Crippen molar-refractivity contribution in [1.82, 2.24) is 0 Å². The molecule has 0 aliphatic heterocycles. The molecule has 1 atom stereocenters. The molecule has 2 aromatic rings. The number of hydrogen-bond acceptors (Lipinski definition) is 1. The molecule has 0 fully saturated rings. The summed E-state index contributed by atoms with van der Waals surface area (Å²) in [7, 11) is 1.75. The first kappa shape index (κ1) is 16.1. The van der Waals surface area contributed by atoms with Crippen LogP contribution in [0.1, 0.15) is 28.2 Å². The third-order valence-electron chi connectivity index (χ3n) is 4.44. The van der Waals surface area contributed by atoms with Crippen LogP contribution in [-0.4, -0.2) is 7.11 Å². The third-order valence-corrected chi connectivity index (χ3v) is 4.44. The van der Waals surface area contributed by atoms with Gasteiger partial charge in [-0.15, -0.1) is 0 Å². The lowest BCUT2D eigenvalue weighted by Crippen LogP contribution is -2.15. The van der Waals surface area contributed by atoms with Gasteiger partial charge in [-0.05, 0) is 40.3 Å². The Hall–Kier alpha value is -2.80. The zero-order chi connectivity index (χ0) is 16.9. The van der Waals surface area contributed by atoms with Crippen molar-refractivity contribution in [3.8, 4) is 0 Å². The normalized spacial score (nSPS) is 16.4. The zero-order valence-corrected chi connectivity index (χ0v) is 14.0. The second kappa shape index (κ2) is 7.18. The first-order valence-corrected chi connectivity index (χ1v) is 8.15. The Bertz CT molecular complexity index is 809. The Morgan fingerprint density at radius 1 is 1.12 bits per heavy atom. The zero-order valence-electron chi connectivity index (χ0n) is 14.0. The minimum Gasteiger partial charge on any atom is -0.500 e. The maximum atomic E-state index is 5.73. The van der Waals surface area contributed by atoms with Crippen molar-refractivity contribution >= 4 is 5.57 Å². The first-order chi connectivity index (χ1) is 11.8. The number of fused-ring (bicyclic) bond motifs is 1. The van der Waals surface area contributed by atoms with E-state index >= 15 is 0 Å². The van der Waals surface area contributed by atoms with Crippen LogP contribution < -0.4 is 0 Å². The molecule has 0 bridgehead atoms. The van der Waals surface area contributed by atoms with E-state index in [2.05, 4.69) is 61.7 Å². The van der Waals surface area contributed by atoms with Crippen LogP contribution in [0.25, 0.3) is 5.57 Å². The summed E-state index contributed by atoms with van der Waals surface area (Å²) in [5, 5.41) is 0. The Balaban J connectivity index is 2.18. The van der Waals surface area contributed by atoms with Crippen LogP contribution >= 0.6 is 0 Å². The second-order valence-electron chi connectivity index (χ2n) is 5.86. The monoisotopic (exact) mass is 314 g/mol. The largest absolute Gasteiger partial charge is 0.500 e. The van der Waals surface area contributed by atoms with E-state index in [0.717, 1.165) is 17.8 Å². The predicted octanol–water partition coefficient (Wildman–Crippen LogP) is 5.66. The molecule has 0 N–H and O–H groups in total. The molecule has 0 amide bonds. The Morgan fingerprint density at radius 3 is 2.62 bits per heavy atom. The van der Waals surface area contributed by atoms with E-state index in [1.807, 2.05) is 18.2 Å². The van der Waals surface area contributed by atoms with Gasteiger partial charge in [0.05, 0.1) is 13.0 Å². The fourth-order valence-electron chi connectivity index (χ4n) is 3.33. The van der Waals surface area contributed by atoms with Crippen LogP contribution in [0.4, 0.5) is 0 Å². The highest BCUT2D eigenvalue weighted by Gasteiger charge is 2.28. The van der Waals surface area contributed by atoms with Crippen molar-refractivity contribution in [2.45, 2.75) is 12.3 Å². The average molecular weight is 314 g/mol. The number of ether oxygens (including phenoxy) is 1. The summed E-state index contributed by atoms with van der Waals surface area (Å²) in [4.78, 5) is 0. The van der Waals surface area contributed by atoms with E-state index in [1.54, 1.807) is 13.2 Å². The quantitative estimate of drug-likeness (QED) is 0.647. The molecule has 0 saturated carbocycles. The number of hydrogen-bond donors (Lipinski definition) is 0. The fourth-order valence-corrected chi connectivity index (χ4v) is 3.33. The smallest absolute Gasteiger partial charge is 0.104 e. The van der Waals surface area contributed by atoms with Gasteiger partial charge < -0.3 is 4.74 Å². The summed E-state index contributed by atoms with van der Waals surface area (Å²) < 4.78 is 5.73. The molecule has 24 heavy (non-hydrogen) atoms. The molecule has 2 aromatic carbocycles. The van der Waals surface area contributed by atoms with Crippen LogP contribution in [0, 0.1) is 0 Å². The van der Waals surface area contributed by atoms with Gasteiger partial charge in [-0.1, -0.05) is 79.9 Å². The lowest BCUT2D eigenvalue weighted by Gasteiger charge is -2.29. The highest BCUT2D eigenvalue weighted by Crippen LogP contribution is 2.41. The average Bonchev–Trinajstić information content (AvgIpc) is 2.65. The maximum Gasteiger partial charge on any atom is 0.104 e. The predicted molar refractivity (Wildman–Crippen MR) is 102 cm³/mol. The highest BCUT2D eigenvalue weighted by atomic mass is 16.5. The summed E-state index contributed by atoms with van der Waals surface area (Å²) in [6, 6.07) is 17.0. The van der Waals surface area contributed by atoms with E-state index in [4.69, 9.17) is 4.74 Å². The lowest BCUT2D eigenvalue weighted by atomic mass is 9.78. The molecular weight excluding hydrogens is 292 g/mol. The van der Waals surface area contributed by atoms with Gasteiger partial charge in [0.2, 0.25) is 0 Å². The summed E-state index contributed by atoms with van der Waals surface area (Å²) in [6.07, 6.45) is 8.78. The third kappa shape index (κ3) is 2.98. The number of methoxy groups -OCH3 is 1. The molecule has 1 aliphatic rings. The van der Waals surface area contributed by atoms with E-state index in [9.17, 15) is 0 Å². The molecular formula is C23H22O. The topological polar surface area (TPSA) is 9.23 Å². The number of rotatable bonds is 5. The Kier molecular flexibility index (Phi) is 4.81. The van der Waals surface area contributed by atoms with Crippen molar-refractivity contribution in [1.29, 1.82) is 0 Å². The van der Waals surface area contributed by atoms with Gasteiger partial charge in [-0.3, -0.25) is 0 Å². The van der Waals surface area contributed by atoms with Crippen molar-refractivity contribution in [2.75, 3.05) is 7.11 Å². The van der Waals surface area contributed by atoms with Crippen LogP contribution in [0.2, 0.25) is 0 Å². The fraction of sp³-hybridized carbons (Fsp3) is 0.130. The van der Waals surface area contributed by atoms with Crippen molar-refractivity contribution < 1.29 is 4.74 Å². The summed E-state index contributed by atoms with van der Waals surface area (Å²) in [5.41, 5.74) is 6.02. The SMILES string of the molecule is C=C/C=C\C(=C)c1cccc2c1C(c1ccccc1)C(OC)=CC2. The van der Waals surface area contributed by atoms with Crippen LogP contribution in [0.15, 0.2) is 91.8 Å². The molecule has 0 aromatic heterocycles.